The first-order valence-electron chi connectivity index (χ1n) is 9.19. The second-order valence-corrected chi connectivity index (χ2v) is 9.70. The van der Waals surface area contributed by atoms with E-state index in [4.69, 9.17) is 4.74 Å². The molecule has 2 bridgehead atoms. The Bertz CT molecular complexity index is 827. The van der Waals surface area contributed by atoms with Gasteiger partial charge in [-0.05, 0) is 37.5 Å². The minimum atomic E-state index is -3.90. The lowest BCUT2D eigenvalue weighted by Gasteiger charge is -2.18. The molecule has 0 unspecified atom stereocenters. The number of nitrogens with zero attached hydrogens (tertiary/aromatic N) is 2. The molecule has 136 valence electrons. The standard InChI is InChI=1S/C17H23N3O4S/c1-20-8-14(15(18-20)9-4-2-3-5-9)25(22,23)19-17(21)12-7-13-10-6-11(10)16(12)24-13/h8-13,16H,2-7H2,1H3,(H,19,21)/t10-,11+,12-,13+,16+/m1/s1. The molecule has 5 atom stereocenters. The summed E-state index contributed by atoms with van der Waals surface area (Å²) in [7, 11) is -2.18. The van der Waals surface area contributed by atoms with Crippen molar-refractivity contribution < 1.29 is 17.9 Å². The molecule has 8 heteroatoms. The Labute approximate surface area is 147 Å². The molecule has 0 aromatic carbocycles. The van der Waals surface area contributed by atoms with E-state index in [9.17, 15) is 13.2 Å². The Morgan fingerprint density at radius 1 is 1.28 bits per heavy atom. The van der Waals surface area contributed by atoms with Gasteiger partial charge in [0.05, 0.1) is 23.8 Å². The lowest BCUT2D eigenvalue weighted by atomic mass is 9.89. The third kappa shape index (κ3) is 2.44. The molecule has 0 radical (unpaired) electrons. The smallest absolute Gasteiger partial charge is 0.267 e. The number of amides is 1. The molecule has 7 nitrogen and oxygen atoms in total. The van der Waals surface area contributed by atoms with Gasteiger partial charge in [0.1, 0.15) is 4.90 Å². The van der Waals surface area contributed by atoms with Crippen LogP contribution in [0, 0.1) is 17.8 Å². The highest BCUT2D eigenvalue weighted by Gasteiger charge is 2.64. The third-order valence-electron chi connectivity index (χ3n) is 6.43. The number of carbonyl (C=O) groups is 1. The van der Waals surface area contributed by atoms with Gasteiger partial charge in [-0.15, -0.1) is 0 Å². The van der Waals surface area contributed by atoms with E-state index >= 15 is 0 Å². The molecule has 25 heavy (non-hydrogen) atoms. The van der Waals surface area contributed by atoms with Crippen LogP contribution in [-0.4, -0.2) is 36.3 Å². The van der Waals surface area contributed by atoms with E-state index in [0.29, 0.717) is 24.0 Å². The second-order valence-electron chi connectivity index (χ2n) is 8.05. The Morgan fingerprint density at radius 2 is 2.04 bits per heavy atom. The van der Waals surface area contributed by atoms with Gasteiger partial charge in [0.15, 0.2) is 0 Å². The first-order chi connectivity index (χ1) is 11.9. The number of hydrogen-bond donors (Lipinski definition) is 1. The maximum absolute atomic E-state index is 12.9. The third-order valence-corrected chi connectivity index (χ3v) is 7.79. The van der Waals surface area contributed by atoms with Crippen LogP contribution < -0.4 is 4.72 Å². The minimum Gasteiger partial charge on any atom is -0.374 e. The van der Waals surface area contributed by atoms with Crippen LogP contribution >= 0.6 is 0 Å². The lowest BCUT2D eigenvalue weighted by molar-refractivity contribution is -0.125. The molecular formula is C17H23N3O4S. The van der Waals surface area contributed by atoms with Crippen molar-refractivity contribution in [1.82, 2.24) is 14.5 Å². The van der Waals surface area contributed by atoms with E-state index in [2.05, 4.69) is 9.82 Å². The number of aromatic nitrogens is 2. The van der Waals surface area contributed by atoms with Crippen LogP contribution in [0.3, 0.4) is 0 Å². The predicted octanol–water partition coefficient (Wildman–Crippen LogP) is 1.31. The second kappa shape index (κ2) is 5.30. The summed E-state index contributed by atoms with van der Waals surface area (Å²) in [6, 6.07) is 0. The monoisotopic (exact) mass is 365 g/mol. The summed E-state index contributed by atoms with van der Waals surface area (Å²) < 4.78 is 35.4. The molecule has 1 N–H and O–H groups in total. The maximum Gasteiger partial charge on any atom is 0.267 e. The molecule has 1 aromatic heterocycles. The fraction of sp³-hybridized carbons (Fsp3) is 0.765. The molecule has 0 spiro atoms. The van der Waals surface area contributed by atoms with E-state index < -0.39 is 15.9 Å². The number of fused-ring (bicyclic) bond motifs is 5. The van der Waals surface area contributed by atoms with Gasteiger partial charge in [0, 0.05) is 19.2 Å². The van der Waals surface area contributed by atoms with E-state index in [-0.39, 0.29) is 28.9 Å². The highest BCUT2D eigenvalue weighted by Crippen LogP contribution is 2.60. The normalized spacial score (nSPS) is 36.6. The molecular weight excluding hydrogens is 342 g/mol. The van der Waals surface area contributed by atoms with Crippen molar-refractivity contribution in [3.8, 4) is 0 Å². The van der Waals surface area contributed by atoms with E-state index in [0.717, 1.165) is 32.1 Å². The van der Waals surface area contributed by atoms with Crippen LogP contribution in [0.15, 0.2) is 11.1 Å². The Kier molecular flexibility index (Phi) is 3.35. The van der Waals surface area contributed by atoms with E-state index in [1.165, 1.54) is 10.9 Å². The minimum absolute atomic E-state index is 0.0894. The molecule has 2 aliphatic carbocycles. The maximum atomic E-state index is 12.9. The van der Waals surface area contributed by atoms with E-state index in [1.54, 1.807) is 7.05 Å². The zero-order valence-electron chi connectivity index (χ0n) is 14.2. The SMILES string of the molecule is Cn1cc(S(=O)(=O)NC(=O)[C@@H]2C[C@@H]3O[C@H]2[C@H]2C[C@H]23)c(C2CCCC2)n1. The highest BCUT2D eigenvalue weighted by atomic mass is 32.2. The van der Waals surface area contributed by atoms with Crippen molar-refractivity contribution in [3.05, 3.63) is 11.9 Å². The summed E-state index contributed by atoms with van der Waals surface area (Å²) in [5.74, 6) is 0.484. The summed E-state index contributed by atoms with van der Waals surface area (Å²) >= 11 is 0. The number of rotatable bonds is 4. The number of carbonyl (C=O) groups excluding carboxylic acids is 1. The fourth-order valence-corrected chi connectivity index (χ4v) is 6.45. The number of nitrogens with one attached hydrogen (secondary N) is 1. The van der Waals surface area contributed by atoms with Crippen LogP contribution in [0.4, 0.5) is 0 Å². The summed E-state index contributed by atoms with van der Waals surface area (Å²) in [6.07, 6.45) is 7.45. The molecule has 5 rings (SSSR count). The van der Waals surface area contributed by atoms with Crippen molar-refractivity contribution >= 4 is 15.9 Å². The molecule has 1 amide bonds. The largest absolute Gasteiger partial charge is 0.374 e. The number of sulfonamides is 1. The van der Waals surface area contributed by atoms with Crippen LogP contribution in [0.2, 0.25) is 0 Å². The Hall–Kier alpha value is -1.41. The average molecular weight is 365 g/mol. The fourth-order valence-electron chi connectivity index (χ4n) is 5.14. The zero-order chi connectivity index (χ0) is 17.3. The van der Waals surface area contributed by atoms with Crippen molar-refractivity contribution in [3.63, 3.8) is 0 Å². The topological polar surface area (TPSA) is 90.3 Å². The van der Waals surface area contributed by atoms with Gasteiger partial charge in [-0.3, -0.25) is 9.48 Å². The van der Waals surface area contributed by atoms with Crippen LogP contribution in [0.5, 0.6) is 0 Å². The van der Waals surface area contributed by atoms with Gasteiger partial charge in [-0.25, -0.2) is 13.1 Å². The molecule has 2 saturated heterocycles. The van der Waals surface area contributed by atoms with Gasteiger partial charge < -0.3 is 4.74 Å². The van der Waals surface area contributed by atoms with Crippen molar-refractivity contribution in [2.45, 2.75) is 61.5 Å². The van der Waals surface area contributed by atoms with Gasteiger partial charge in [-0.1, -0.05) is 12.8 Å². The van der Waals surface area contributed by atoms with E-state index in [1.807, 2.05) is 0 Å². The molecule has 4 fully saturated rings. The number of hydrogen-bond acceptors (Lipinski definition) is 5. The summed E-state index contributed by atoms with van der Waals surface area (Å²) in [4.78, 5) is 12.8. The Balaban J connectivity index is 1.37. The van der Waals surface area contributed by atoms with Crippen LogP contribution in [0.25, 0.3) is 0 Å². The summed E-state index contributed by atoms with van der Waals surface area (Å²) in [5.41, 5.74) is 0.603. The molecule has 3 heterocycles. The average Bonchev–Trinajstić information content (AvgIpc) is 2.98. The molecule has 4 aliphatic rings. The van der Waals surface area contributed by atoms with Gasteiger partial charge in [-0.2, -0.15) is 5.10 Å². The summed E-state index contributed by atoms with van der Waals surface area (Å²) in [6.45, 7) is 0. The van der Waals surface area contributed by atoms with Crippen molar-refractivity contribution in [1.29, 1.82) is 0 Å². The molecule has 1 aromatic rings. The van der Waals surface area contributed by atoms with Crippen molar-refractivity contribution in [2.24, 2.45) is 24.8 Å². The number of ether oxygens (including phenoxy) is 1. The molecule has 2 saturated carbocycles. The first-order valence-corrected chi connectivity index (χ1v) is 10.7. The van der Waals surface area contributed by atoms with Crippen molar-refractivity contribution in [2.75, 3.05) is 0 Å². The van der Waals surface area contributed by atoms with Gasteiger partial charge in [0.25, 0.3) is 10.0 Å². The first kappa shape index (κ1) is 15.8. The summed E-state index contributed by atoms with van der Waals surface area (Å²) in [5, 5.41) is 4.38. The van der Waals surface area contributed by atoms with Crippen LogP contribution in [-0.2, 0) is 26.6 Å². The van der Waals surface area contributed by atoms with Crippen LogP contribution in [0.1, 0.15) is 50.1 Å². The zero-order valence-corrected chi connectivity index (χ0v) is 15.0. The molecule has 2 aliphatic heterocycles. The Morgan fingerprint density at radius 3 is 2.72 bits per heavy atom. The number of aryl methyl sites for hydroxylation is 1. The van der Waals surface area contributed by atoms with Gasteiger partial charge in [0.2, 0.25) is 5.91 Å². The predicted molar refractivity (Wildman–Crippen MR) is 88.1 cm³/mol. The van der Waals surface area contributed by atoms with Gasteiger partial charge >= 0.3 is 0 Å². The quantitative estimate of drug-likeness (QED) is 0.869. The highest BCUT2D eigenvalue weighted by molar-refractivity contribution is 7.90. The lowest BCUT2D eigenvalue weighted by Crippen LogP contribution is -2.40.